The molecule has 0 aliphatic carbocycles. The highest BCUT2D eigenvalue weighted by Gasteiger charge is 2.31. The molecule has 0 saturated heterocycles. The minimum absolute atomic E-state index is 0.00904. The van der Waals surface area contributed by atoms with Crippen LogP contribution >= 0.6 is 0 Å². The molecule has 6 rings (SSSR count). The summed E-state index contributed by atoms with van der Waals surface area (Å²) in [7, 11) is 3.09. The van der Waals surface area contributed by atoms with Crippen LogP contribution in [0.5, 0.6) is 0 Å². The van der Waals surface area contributed by atoms with E-state index >= 15 is 0 Å². The molecule has 6 aromatic rings. The number of amides is 4. The number of hydrogen-bond donors (Lipinski definition) is 4. The summed E-state index contributed by atoms with van der Waals surface area (Å²) in [4.78, 5) is 79.1. The number of aromatic nitrogens is 8. The van der Waals surface area contributed by atoms with Crippen LogP contribution in [0.25, 0.3) is 0 Å². The maximum absolute atomic E-state index is 13.7. The molecule has 4 aromatic heterocycles. The van der Waals surface area contributed by atoms with E-state index in [2.05, 4.69) is 41.9 Å². The van der Waals surface area contributed by atoms with Crippen LogP contribution in [0.15, 0.2) is 48.8 Å². The maximum Gasteiger partial charge on any atom is 0.292 e. The number of carbonyl (C=O) groups is 6. The number of ether oxygens (including phenoxy) is 1. The van der Waals surface area contributed by atoms with Crippen molar-refractivity contribution in [1.29, 1.82) is 0 Å². The zero-order chi connectivity index (χ0) is 52.3. The number of carbonyl (C=O) groups excluding carboxylic acids is 6. The normalized spacial score (nSPS) is 11.7. The molecule has 4 amide bonds. The summed E-state index contributed by atoms with van der Waals surface area (Å²) in [6.07, 6.45) is 4.33. The van der Waals surface area contributed by atoms with E-state index in [0.717, 1.165) is 24.3 Å². The maximum atomic E-state index is 13.7. The second kappa shape index (κ2) is 21.0. The fourth-order valence-corrected chi connectivity index (χ4v) is 7.88. The summed E-state index contributed by atoms with van der Waals surface area (Å²) >= 11 is 0. The number of aryl methyl sites for hydroxylation is 1. The number of rotatable bonds is 20. The smallest absolute Gasteiger partial charge is 0.292 e. The van der Waals surface area contributed by atoms with Gasteiger partial charge in [-0.3, -0.25) is 33.4 Å². The molecule has 2 aromatic carbocycles. The Bertz CT molecular complexity index is 3080. The van der Waals surface area contributed by atoms with Gasteiger partial charge in [0.15, 0.2) is 23.3 Å². The Kier molecular flexibility index (Phi) is 15.6. The third-order valence-corrected chi connectivity index (χ3v) is 12.3. The number of nitrogens with zero attached hydrogens (tertiary/aromatic N) is 8. The van der Waals surface area contributed by atoms with E-state index in [4.69, 9.17) is 4.74 Å². The largest absolute Gasteiger partial charge is 0.375 e. The van der Waals surface area contributed by atoms with E-state index in [0.29, 0.717) is 48.8 Å². The fourth-order valence-electron chi connectivity index (χ4n) is 7.88. The van der Waals surface area contributed by atoms with Crippen molar-refractivity contribution >= 4 is 46.6 Å². The first-order valence-corrected chi connectivity index (χ1v) is 22.2. The Labute approximate surface area is 405 Å². The van der Waals surface area contributed by atoms with Gasteiger partial charge in [0.25, 0.3) is 35.2 Å². The van der Waals surface area contributed by atoms with Crippen LogP contribution in [-0.4, -0.2) is 86.5 Å². The minimum Gasteiger partial charge on any atom is -0.375 e. The van der Waals surface area contributed by atoms with Crippen molar-refractivity contribution in [1.82, 2.24) is 49.8 Å². The Balaban J connectivity index is 0.945. The monoisotopic (exact) mass is 986 g/mol. The molecule has 0 spiro atoms. The summed E-state index contributed by atoms with van der Waals surface area (Å²) in [6, 6.07) is 5.81. The molecule has 71 heavy (non-hydrogen) atoms. The van der Waals surface area contributed by atoms with Crippen LogP contribution in [0.3, 0.4) is 0 Å². The summed E-state index contributed by atoms with van der Waals surface area (Å²) < 4.78 is 66.6. The first-order chi connectivity index (χ1) is 33.3. The van der Waals surface area contributed by atoms with Crippen molar-refractivity contribution in [2.24, 2.45) is 14.1 Å². The van der Waals surface area contributed by atoms with Crippen LogP contribution in [0.2, 0.25) is 0 Å². The predicted octanol–water partition coefficient (Wildman–Crippen LogP) is 5.85. The van der Waals surface area contributed by atoms with E-state index in [9.17, 15) is 46.3 Å². The average molecular weight is 987 g/mol. The molecular weight excluding hydrogens is 933 g/mol. The van der Waals surface area contributed by atoms with E-state index < -0.39 is 69.6 Å². The van der Waals surface area contributed by atoms with Gasteiger partial charge in [-0.25, -0.2) is 22.2 Å². The lowest BCUT2D eigenvalue weighted by Gasteiger charge is -2.29. The van der Waals surface area contributed by atoms with E-state index in [-0.39, 0.29) is 58.1 Å². The first-order valence-electron chi connectivity index (χ1n) is 22.2. The quantitative estimate of drug-likeness (QED) is 0.0403. The highest BCUT2D eigenvalue weighted by Crippen LogP contribution is 2.27. The highest BCUT2D eigenvalue weighted by molar-refractivity contribution is 6.44. The second-order valence-corrected chi connectivity index (χ2v) is 18.2. The molecule has 19 nitrogen and oxygen atoms in total. The van der Waals surface area contributed by atoms with Crippen molar-refractivity contribution in [3.05, 3.63) is 128 Å². The lowest BCUT2D eigenvalue weighted by molar-refractivity contribution is -0.117. The van der Waals surface area contributed by atoms with Crippen molar-refractivity contribution < 1.29 is 51.1 Å². The predicted molar refractivity (Wildman–Crippen MR) is 249 cm³/mol. The van der Waals surface area contributed by atoms with Crippen LogP contribution in [0.1, 0.15) is 116 Å². The highest BCUT2D eigenvalue weighted by atomic mass is 19.2. The molecule has 0 radical (unpaired) electrons. The Hall–Kier alpha value is -7.82. The lowest BCUT2D eigenvalue weighted by Crippen LogP contribution is -2.33. The van der Waals surface area contributed by atoms with Crippen molar-refractivity contribution in [2.75, 3.05) is 17.2 Å². The molecular formula is C48H54F4N12O7. The minimum atomic E-state index is -1.14. The van der Waals surface area contributed by atoms with Crippen molar-refractivity contribution in [3.63, 3.8) is 0 Å². The fraction of sp³-hybridized carbons (Fsp3) is 0.375. The molecule has 0 bridgehead atoms. The molecule has 0 fully saturated rings. The third kappa shape index (κ3) is 11.8. The van der Waals surface area contributed by atoms with Crippen LogP contribution in [0.4, 0.5) is 28.9 Å². The van der Waals surface area contributed by atoms with Gasteiger partial charge in [-0.2, -0.15) is 0 Å². The first kappa shape index (κ1) is 52.5. The van der Waals surface area contributed by atoms with Gasteiger partial charge in [0.1, 0.15) is 22.8 Å². The lowest BCUT2D eigenvalue weighted by atomic mass is 10.0. The Morgan fingerprint density at radius 2 is 1.07 bits per heavy atom. The van der Waals surface area contributed by atoms with Gasteiger partial charge >= 0.3 is 0 Å². The van der Waals surface area contributed by atoms with Gasteiger partial charge in [-0.1, -0.05) is 10.4 Å². The Morgan fingerprint density at radius 1 is 0.620 bits per heavy atom. The number of Topliss-reactive ketones (excluding diaryl/α,β-unsaturated/α-hetero) is 2. The SMILES string of the molecule is Cc1c(C(=O)C(=O)NCc2cn(CCC(C)(C)OCCC(C)(C)n3cc(CNC(=O)C(=O)c4c(C)c(C(=O)Nc5ccc(F)c(F)c5)n(C)c4C)nn3)nn2)c(C)n(C)c1C(=O)Nc1ccc(F)c(F)c1. The van der Waals surface area contributed by atoms with Crippen LogP contribution in [-0.2, 0) is 53.6 Å². The van der Waals surface area contributed by atoms with E-state index in [1.54, 1.807) is 49.7 Å². The number of halogens is 4. The summed E-state index contributed by atoms with van der Waals surface area (Å²) in [5.41, 5.74) is 0.957. The molecule has 376 valence electrons. The molecule has 0 unspecified atom stereocenters. The molecule has 4 heterocycles. The van der Waals surface area contributed by atoms with Gasteiger partial charge in [-0.05, 0) is 104 Å². The van der Waals surface area contributed by atoms with Gasteiger partial charge in [-0.15, -0.1) is 10.2 Å². The Morgan fingerprint density at radius 3 is 1.54 bits per heavy atom. The van der Waals surface area contributed by atoms with Crippen molar-refractivity contribution in [3.8, 4) is 0 Å². The molecule has 0 aliphatic heterocycles. The van der Waals surface area contributed by atoms with Gasteiger partial charge in [0.05, 0.1) is 47.8 Å². The van der Waals surface area contributed by atoms with Crippen LogP contribution in [0, 0.1) is 51.0 Å². The summed E-state index contributed by atoms with van der Waals surface area (Å²) in [5, 5.41) is 26.8. The second-order valence-electron chi connectivity index (χ2n) is 18.2. The van der Waals surface area contributed by atoms with Gasteiger partial charge in [0, 0.05) is 62.1 Å². The zero-order valence-electron chi connectivity index (χ0n) is 40.8. The zero-order valence-corrected chi connectivity index (χ0v) is 40.8. The molecule has 0 saturated carbocycles. The summed E-state index contributed by atoms with van der Waals surface area (Å²) in [6.45, 7) is 14.4. The average Bonchev–Trinajstić information content (AvgIpc) is 4.08. The summed E-state index contributed by atoms with van der Waals surface area (Å²) in [5.74, 6) is -9.40. The number of anilines is 2. The number of ketones is 2. The molecule has 4 N–H and O–H groups in total. The molecule has 0 atom stereocenters. The number of nitrogens with one attached hydrogen (secondary N) is 4. The standard InChI is InChI=1S/C48H54F4N12O7/c1-25-37(27(3)61(9)39(25)43(67)55-29-11-13-33(49)35(51)19-29)41(65)45(69)53-21-31-23-63(59-57-31)17-15-48(7,8)71-18-16-47(5,6)64-24-32(58-60-64)22-54-46(70)42(66)38-26(2)40(62(10)28(38)4)44(68)56-30-12-14-34(50)36(52)20-30/h11-14,19-20,23-24H,15-18,21-22H2,1-10H3,(H,53,69)(H,54,70)(H,55,67)(H,56,68). The molecule has 23 heteroatoms. The number of benzene rings is 2. The van der Waals surface area contributed by atoms with E-state index in [1.165, 1.54) is 35.1 Å². The van der Waals surface area contributed by atoms with E-state index in [1.807, 2.05) is 27.7 Å². The number of hydrogen-bond acceptors (Lipinski definition) is 11. The van der Waals surface area contributed by atoms with Crippen LogP contribution < -0.4 is 21.3 Å². The topological polar surface area (TPSA) is 231 Å². The molecule has 0 aliphatic rings. The van der Waals surface area contributed by atoms with Gasteiger partial charge < -0.3 is 35.1 Å². The third-order valence-electron chi connectivity index (χ3n) is 12.3. The van der Waals surface area contributed by atoms with Gasteiger partial charge in [0.2, 0.25) is 0 Å². The van der Waals surface area contributed by atoms with Crippen molar-refractivity contribution in [2.45, 2.75) is 99.0 Å².